The monoisotopic (exact) mass is 409 g/mol. The number of rotatable bonds is 7. The number of benzene rings is 2. The summed E-state index contributed by atoms with van der Waals surface area (Å²) in [5, 5.41) is 22.6. The highest BCUT2D eigenvalue weighted by molar-refractivity contribution is 7.92. The van der Waals surface area contributed by atoms with E-state index in [9.17, 15) is 33.2 Å². The Bertz CT molecular complexity index is 1020. The van der Waals surface area contributed by atoms with Gasteiger partial charge < -0.3 is 15.2 Å². The molecule has 2 aromatic rings. The predicted molar refractivity (Wildman–Crippen MR) is 96.4 cm³/mol. The second kappa shape index (κ2) is 8.35. The van der Waals surface area contributed by atoms with Gasteiger partial charge in [-0.2, -0.15) is 0 Å². The van der Waals surface area contributed by atoms with Crippen LogP contribution in [0.4, 0.5) is 11.4 Å². The first-order valence-corrected chi connectivity index (χ1v) is 9.07. The molecule has 1 amide bonds. The summed E-state index contributed by atoms with van der Waals surface area (Å²) in [6.45, 7) is -0.316. The lowest BCUT2D eigenvalue weighted by Gasteiger charge is -2.09. The van der Waals surface area contributed by atoms with Crippen LogP contribution in [0.5, 0.6) is 5.75 Å². The van der Waals surface area contributed by atoms with Gasteiger partial charge in [-0.25, -0.2) is 8.42 Å². The fourth-order valence-corrected chi connectivity index (χ4v) is 3.13. The van der Waals surface area contributed by atoms with Crippen molar-refractivity contribution >= 4 is 33.3 Å². The lowest BCUT2D eigenvalue weighted by atomic mass is 10.2. The molecule has 0 bridgehead atoms. The summed E-state index contributed by atoms with van der Waals surface area (Å²) in [4.78, 5) is 32.4. The molecular formula is C16H15N3O8S. The molecule has 0 atom stereocenters. The fourth-order valence-electron chi connectivity index (χ4n) is 2.05. The molecule has 11 nitrogen and oxygen atoms in total. The van der Waals surface area contributed by atoms with Crippen molar-refractivity contribution in [2.45, 2.75) is 4.90 Å². The number of aromatic hydroxyl groups is 1. The Labute approximate surface area is 159 Å². The number of methoxy groups -OCH3 is 1. The van der Waals surface area contributed by atoms with Crippen LogP contribution in [-0.4, -0.2) is 44.0 Å². The van der Waals surface area contributed by atoms with Gasteiger partial charge in [0, 0.05) is 17.3 Å². The number of nitro benzene ring substituents is 1. The van der Waals surface area contributed by atoms with Crippen LogP contribution in [-0.2, 0) is 19.6 Å². The third kappa shape index (κ3) is 4.94. The summed E-state index contributed by atoms with van der Waals surface area (Å²) >= 11 is 0. The molecule has 0 fully saturated rings. The Hall–Kier alpha value is -3.67. The second-order valence-electron chi connectivity index (χ2n) is 5.35. The van der Waals surface area contributed by atoms with E-state index in [1.807, 2.05) is 0 Å². The predicted octanol–water partition coefficient (Wildman–Crippen LogP) is 1.00. The van der Waals surface area contributed by atoms with E-state index >= 15 is 0 Å². The van der Waals surface area contributed by atoms with Gasteiger partial charge in [0.15, 0.2) is 5.75 Å². The Morgan fingerprint density at radius 3 is 2.39 bits per heavy atom. The molecule has 12 heteroatoms. The minimum Gasteiger partial charge on any atom is -0.502 e. The Balaban J connectivity index is 2.15. The first-order valence-electron chi connectivity index (χ1n) is 7.59. The highest BCUT2D eigenvalue weighted by atomic mass is 32.2. The average Bonchev–Trinajstić information content (AvgIpc) is 2.66. The van der Waals surface area contributed by atoms with E-state index in [2.05, 4.69) is 14.8 Å². The molecule has 2 aromatic carbocycles. The fraction of sp³-hybridized carbons (Fsp3) is 0.125. The molecule has 0 spiro atoms. The number of amides is 1. The van der Waals surface area contributed by atoms with E-state index in [0.29, 0.717) is 0 Å². The van der Waals surface area contributed by atoms with Crippen molar-refractivity contribution in [1.29, 1.82) is 0 Å². The van der Waals surface area contributed by atoms with Gasteiger partial charge in [0.1, 0.15) is 6.54 Å². The number of esters is 1. The van der Waals surface area contributed by atoms with Crippen LogP contribution < -0.4 is 10.0 Å². The summed E-state index contributed by atoms with van der Waals surface area (Å²) < 4.78 is 31.3. The smallest absolute Gasteiger partial charge is 0.325 e. The molecule has 0 unspecified atom stereocenters. The molecule has 0 radical (unpaired) electrons. The summed E-state index contributed by atoms with van der Waals surface area (Å²) in [6.07, 6.45) is 0. The van der Waals surface area contributed by atoms with Crippen molar-refractivity contribution in [3.63, 3.8) is 0 Å². The molecule has 0 saturated carbocycles. The third-order valence-electron chi connectivity index (χ3n) is 3.47. The van der Waals surface area contributed by atoms with E-state index < -0.39 is 43.2 Å². The number of nitro groups is 1. The largest absolute Gasteiger partial charge is 0.502 e. The molecule has 0 heterocycles. The Morgan fingerprint density at radius 1 is 1.18 bits per heavy atom. The lowest BCUT2D eigenvalue weighted by molar-refractivity contribution is -0.386. The van der Waals surface area contributed by atoms with Crippen molar-refractivity contribution < 1.29 is 32.8 Å². The molecular weight excluding hydrogens is 394 g/mol. The molecule has 0 aliphatic rings. The third-order valence-corrected chi connectivity index (χ3v) is 4.85. The molecule has 0 aliphatic carbocycles. The topological polar surface area (TPSA) is 165 Å². The number of carbonyl (C=O) groups excluding carboxylic acids is 2. The normalized spacial score (nSPS) is 10.8. The van der Waals surface area contributed by atoms with Crippen molar-refractivity contribution in [1.82, 2.24) is 5.32 Å². The summed E-state index contributed by atoms with van der Waals surface area (Å²) in [5.41, 5.74) is -0.479. The van der Waals surface area contributed by atoms with Gasteiger partial charge in [0.2, 0.25) is 0 Å². The van der Waals surface area contributed by atoms with Crippen molar-refractivity contribution in [3.05, 3.63) is 58.1 Å². The van der Waals surface area contributed by atoms with Gasteiger partial charge in [-0.3, -0.25) is 24.4 Å². The number of carbonyl (C=O) groups is 2. The zero-order chi connectivity index (χ0) is 20.9. The minimum atomic E-state index is -4.17. The number of anilines is 1. The van der Waals surface area contributed by atoms with Crippen LogP contribution in [0, 0.1) is 10.1 Å². The minimum absolute atomic E-state index is 0.0974. The highest BCUT2D eigenvalue weighted by Crippen LogP contribution is 2.29. The van der Waals surface area contributed by atoms with E-state index in [4.69, 9.17) is 0 Å². The van der Waals surface area contributed by atoms with Crippen LogP contribution in [0.3, 0.4) is 0 Å². The van der Waals surface area contributed by atoms with E-state index in [-0.39, 0.29) is 17.8 Å². The van der Waals surface area contributed by atoms with Crippen molar-refractivity contribution in [3.8, 4) is 5.75 Å². The van der Waals surface area contributed by atoms with Crippen LogP contribution in [0.25, 0.3) is 0 Å². The zero-order valence-corrected chi connectivity index (χ0v) is 15.2. The number of ether oxygens (including phenoxy) is 1. The Kier molecular flexibility index (Phi) is 6.15. The van der Waals surface area contributed by atoms with Gasteiger partial charge in [-0.15, -0.1) is 0 Å². The summed E-state index contributed by atoms with van der Waals surface area (Å²) in [5.74, 6) is -1.85. The summed E-state index contributed by atoms with van der Waals surface area (Å²) in [6, 6.07) is 7.90. The van der Waals surface area contributed by atoms with Gasteiger partial charge in [-0.1, -0.05) is 0 Å². The van der Waals surface area contributed by atoms with E-state index in [1.54, 1.807) is 0 Å². The maximum Gasteiger partial charge on any atom is 0.325 e. The number of nitrogens with zero attached hydrogens (tertiary/aromatic N) is 1. The molecule has 0 aromatic heterocycles. The average molecular weight is 409 g/mol. The van der Waals surface area contributed by atoms with Gasteiger partial charge in [-0.05, 0) is 36.4 Å². The second-order valence-corrected chi connectivity index (χ2v) is 7.03. The molecule has 2 rings (SSSR count). The maximum atomic E-state index is 12.4. The molecule has 28 heavy (non-hydrogen) atoms. The van der Waals surface area contributed by atoms with Gasteiger partial charge >= 0.3 is 11.7 Å². The van der Waals surface area contributed by atoms with Crippen molar-refractivity contribution in [2.75, 3.05) is 18.4 Å². The number of phenolic OH excluding ortho intramolecular Hbond substituents is 1. The molecule has 0 aliphatic heterocycles. The van der Waals surface area contributed by atoms with Gasteiger partial charge in [0.05, 0.1) is 16.9 Å². The molecule has 0 saturated heterocycles. The number of phenols is 1. The highest BCUT2D eigenvalue weighted by Gasteiger charge is 2.21. The zero-order valence-electron chi connectivity index (χ0n) is 14.4. The summed E-state index contributed by atoms with van der Waals surface area (Å²) in [7, 11) is -2.99. The van der Waals surface area contributed by atoms with Crippen LogP contribution in [0.2, 0.25) is 0 Å². The quantitative estimate of drug-likeness (QED) is 0.346. The van der Waals surface area contributed by atoms with Crippen LogP contribution in [0.1, 0.15) is 10.4 Å². The first kappa shape index (κ1) is 20.6. The standard InChI is InChI=1S/C16H15N3O8S/c1-27-15(21)9-17-16(22)10-2-4-11(5-3-10)18-28(25,26)12-6-7-14(20)13(8-12)19(23)24/h2-8,18,20H,9H2,1H3,(H,17,22). The van der Waals surface area contributed by atoms with Gasteiger partial charge in [0.25, 0.3) is 15.9 Å². The lowest BCUT2D eigenvalue weighted by Crippen LogP contribution is -2.30. The number of hydrogen-bond donors (Lipinski definition) is 3. The SMILES string of the molecule is COC(=O)CNC(=O)c1ccc(NS(=O)(=O)c2ccc(O)c([N+](=O)[O-])c2)cc1. The number of sulfonamides is 1. The number of hydrogen-bond acceptors (Lipinski definition) is 8. The van der Waals surface area contributed by atoms with Crippen LogP contribution in [0.15, 0.2) is 47.4 Å². The Morgan fingerprint density at radius 2 is 1.82 bits per heavy atom. The maximum absolute atomic E-state index is 12.4. The van der Waals surface area contributed by atoms with Crippen molar-refractivity contribution in [2.24, 2.45) is 0 Å². The first-order chi connectivity index (χ1) is 13.1. The van der Waals surface area contributed by atoms with E-state index in [0.717, 1.165) is 18.2 Å². The number of nitrogens with one attached hydrogen (secondary N) is 2. The van der Waals surface area contributed by atoms with E-state index in [1.165, 1.54) is 31.4 Å². The molecule has 3 N–H and O–H groups in total. The van der Waals surface area contributed by atoms with Crippen LogP contribution >= 0.6 is 0 Å². The molecule has 148 valence electrons.